The lowest BCUT2D eigenvalue weighted by molar-refractivity contribution is -0.150. The Morgan fingerprint density at radius 2 is 1.89 bits per heavy atom. The second-order valence-electron chi connectivity index (χ2n) is 4.52. The Kier molecular flexibility index (Phi) is 6.56. The van der Waals surface area contributed by atoms with E-state index < -0.39 is 12.0 Å². The van der Waals surface area contributed by atoms with Gasteiger partial charge in [0.25, 0.3) is 0 Å². The minimum absolute atomic E-state index is 0.0220. The summed E-state index contributed by atoms with van der Waals surface area (Å²) in [7, 11) is 0. The van der Waals surface area contributed by atoms with Crippen LogP contribution in [0.1, 0.15) is 19.4 Å². The number of nitrogens with one attached hydrogen (secondary N) is 1. The van der Waals surface area contributed by atoms with Gasteiger partial charge >= 0.3 is 5.97 Å². The number of esters is 1. The summed E-state index contributed by atoms with van der Waals surface area (Å²) in [6.07, 6.45) is 0. The molecular formula is C14H18BrNO3. The third-order valence-electron chi connectivity index (χ3n) is 2.58. The lowest BCUT2D eigenvalue weighted by atomic mass is 10.0. The fraction of sp³-hybridized carbons (Fsp3) is 0.429. The van der Waals surface area contributed by atoms with Crippen molar-refractivity contribution in [3.63, 3.8) is 0 Å². The second kappa shape index (κ2) is 7.94. The van der Waals surface area contributed by atoms with Gasteiger partial charge < -0.3 is 10.1 Å². The van der Waals surface area contributed by atoms with Gasteiger partial charge in [0.15, 0.2) is 0 Å². The molecular weight excluding hydrogens is 310 g/mol. The van der Waals surface area contributed by atoms with Gasteiger partial charge in [-0.3, -0.25) is 4.79 Å². The predicted octanol–water partition coefficient (Wildman–Crippen LogP) is 2.27. The molecule has 4 nitrogen and oxygen atoms in total. The zero-order valence-corrected chi connectivity index (χ0v) is 12.6. The van der Waals surface area contributed by atoms with Crippen LogP contribution in [0.2, 0.25) is 0 Å². The van der Waals surface area contributed by atoms with Gasteiger partial charge in [-0.2, -0.15) is 0 Å². The fourth-order valence-electron chi connectivity index (χ4n) is 1.53. The summed E-state index contributed by atoms with van der Waals surface area (Å²) in [5, 5.41) is 2.81. The van der Waals surface area contributed by atoms with Crippen LogP contribution in [0.4, 0.5) is 0 Å². The predicted molar refractivity (Wildman–Crippen MR) is 76.8 cm³/mol. The van der Waals surface area contributed by atoms with Crippen LogP contribution in [-0.2, 0) is 20.9 Å². The molecule has 0 saturated heterocycles. The summed E-state index contributed by atoms with van der Waals surface area (Å²) in [6.45, 7) is 3.94. The van der Waals surface area contributed by atoms with Gasteiger partial charge in [0, 0.05) is 0 Å². The number of ether oxygens (including phenoxy) is 1. The van der Waals surface area contributed by atoms with Crippen molar-refractivity contribution in [2.24, 2.45) is 5.92 Å². The summed E-state index contributed by atoms with van der Waals surface area (Å²) in [6, 6.07) is 8.82. The van der Waals surface area contributed by atoms with Gasteiger partial charge in [0.1, 0.15) is 12.6 Å². The summed E-state index contributed by atoms with van der Waals surface area (Å²) < 4.78 is 5.23. The number of amides is 1. The average Bonchev–Trinajstić information content (AvgIpc) is 2.42. The molecule has 0 spiro atoms. The first-order valence-electron chi connectivity index (χ1n) is 6.10. The molecule has 1 aromatic carbocycles. The monoisotopic (exact) mass is 327 g/mol. The second-order valence-corrected chi connectivity index (χ2v) is 5.08. The standard InChI is InChI=1S/C14H18BrNO3/c1-10(2)13(16-12(17)8-15)14(18)19-9-11-6-4-3-5-7-11/h3-7,10,13H,8-9H2,1-2H3,(H,16,17)/t13-/m0/s1. The molecule has 5 heteroatoms. The SMILES string of the molecule is CC(C)[C@H](NC(=O)CBr)C(=O)OCc1ccccc1. The summed E-state index contributed by atoms with van der Waals surface area (Å²) in [5.41, 5.74) is 0.921. The smallest absolute Gasteiger partial charge is 0.329 e. The molecule has 1 amide bonds. The zero-order valence-electron chi connectivity index (χ0n) is 11.1. The van der Waals surface area contributed by atoms with Crippen LogP contribution in [0.3, 0.4) is 0 Å². The maximum Gasteiger partial charge on any atom is 0.329 e. The summed E-state index contributed by atoms with van der Waals surface area (Å²) in [4.78, 5) is 23.3. The van der Waals surface area contributed by atoms with Crippen molar-refractivity contribution in [1.82, 2.24) is 5.32 Å². The number of hydrogen-bond acceptors (Lipinski definition) is 3. The highest BCUT2D eigenvalue weighted by molar-refractivity contribution is 9.09. The Labute approximate surface area is 121 Å². The summed E-state index contributed by atoms with van der Waals surface area (Å²) in [5.74, 6) is -0.658. The number of benzene rings is 1. The van der Waals surface area contributed by atoms with Crippen molar-refractivity contribution < 1.29 is 14.3 Å². The number of carbonyl (C=O) groups is 2. The maximum absolute atomic E-state index is 12.0. The highest BCUT2D eigenvalue weighted by Crippen LogP contribution is 2.07. The minimum Gasteiger partial charge on any atom is -0.459 e. The average molecular weight is 328 g/mol. The molecule has 1 rings (SSSR count). The molecule has 0 heterocycles. The quantitative estimate of drug-likeness (QED) is 0.644. The topological polar surface area (TPSA) is 55.4 Å². The van der Waals surface area contributed by atoms with Crippen LogP contribution in [0, 0.1) is 5.92 Å². The van der Waals surface area contributed by atoms with Crippen LogP contribution in [0.15, 0.2) is 30.3 Å². The highest BCUT2D eigenvalue weighted by Gasteiger charge is 2.25. The van der Waals surface area contributed by atoms with Gasteiger partial charge in [0.2, 0.25) is 5.91 Å². The van der Waals surface area contributed by atoms with Crippen molar-refractivity contribution in [2.45, 2.75) is 26.5 Å². The van der Waals surface area contributed by atoms with E-state index in [1.165, 1.54) is 0 Å². The van der Waals surface area contributed by atoms with E-state index in [2.05, 4.69) is 21.2 Å². The van der Waals surface area contributed by atoms with E-state index in [-0.39, 0.29) is 23.8 Å². The summed E-state index contributed by atoms with van der Waals surface area (Å²) >= 11 is 3.05. The fourth-order valence-corrected chi connectivity index (χ4v) is 1.69. The molecule has 0 unspecified atom stereocenters. The van der Waals surface area contributed by atoms with Crippen LogP contribution in [-0.4, -0.2) is 23.2 Å². The number of hydrogen-bond donors (Lipinski definition) is 1. The third kappa shape index (κ3) is 5.42. The zero-order chi connectivity index (χ0) is 14.3. The van der Waals surface area contributed by atoms with E-state index in [9.17, 15) is 9.59 Å². The Balaban J connectivity index is 2.55. The van der Waals surface area contributed by atoms with Crippen molar-refractivity contribution >= 4 is 27.8 Å². The normalized spacial score (nSPS) is 12.0. The van der Waals surface area contributed by atoms with Gasteiger partial charge in [0.05, 0.1) is 5.33 Å². The Hall–Kier alpha value is -1.36. The third-order valence-corrected chi connectivity index (χ3v) is 3.09. The van der Waals surface area contributed by atoms with E-state index in [0.29, 0.717) is 0 Å². The van der Waals surface area contributed by atoms with Gasteiger partial charge in [-0.1, -0.05) is 60.1 Å². The van der Waals surface area contributed by atoms with Crippen molar-refractivity contribution in [3.8, 4) is 0 Å². The lowest BCUT2D eigenvalue weighted by Crippen LogP contribution is -2.45. The van der Waals surface area contributed by atoms with Crippen molar-refractivity contribution in [3.05, 3.63) is 35.9 Å². The molecule has 0 saturated carbocycles. The lowest BCUT2D eigenvalue weighted by Gasteiger charge is -2.20. The first kappa shape index (κ1) is 15.7. The minimum atomic E-state index is -0.617. The van der Waals surface area contributed by atoms with Crippen molar-refractivity contribution in [2.75, 3.05) is 5.33 Å². The van der Waals surface area contributed by atoms with Gasteiger partial charge in [-0.15, -0.1) is 0 Å². The molecule has 104 valence electrons. The molecule has 0 fully saturated rings. The van der Waals surface area contributed by atoms with E-state index in [1.807, 2.05) is 44.2 Å². The molecule has 0 aliphatic rings. The van der Waals surface area contributed by atoms with Gasteiger partial charge in [-0.05, 0) is 11.5 Å². The van der Waals surface area contributed by atoms with Gasteiger partial charge in [-0.25, -0.2) is 4.79 Å². The Morgan fingerprint density at radius 1 is 1.26 bits per heavy atom. The van der Waals surface area contributed by atoms with Crippen LogP contribution < -0.4 is 5.32 Å². The largest absolute Gasteiger partial charge is 0.459 e. The number of rotatable bonds is 6. The molecule has 1 N–H and O–H groups in total. The molecule has 0 aromatic heterocycles. The van der Waals surface area contributed by atoms with Crippen LogP contribution >= 0.6 is 15.9 Å². The Bertz CT molecular complexity index is 420. The molecule has 1 atom stereocenters. The van der Waals surface area contributed by atoms with E-state index in [0.717, 1.165) is 5.56 Å². The van der Waals surface area contributed by atoms with E-state index in [4.69, 9.17) is 4.74 Å². The van der Waals surface area contributed by atoms with E-state index in [1.54, 1.807) is 0 Å². The van der Waals surface area contributed by atoms with Crippen molar-refractivity contribution in [1.29, 1.82) is 0 Å². The maximum atomic E-state index is 12.0. The molecule has 19 heavy (non-hydrogen) atoms. The molecule has 0 aliphatic carbocycles. The number of carbonyl (C=O) groups excluding carboxylic acids is 2. The number of halogens is 1. The molecule has 0 bridgehead atoms. The molecule has 1 aromatic rings. The highest BCUT2D eigenvalue weighted by atomic mass is 79.9. The number of alkyl halides is 1. The molecule has 0 aliphatic heterocycles. The van der Waals surface area contributed by atoms with Crippen LogP contribution in [0.25, 0.3) is 0 Å². The first-order chi connectivity index (χ1) is 9.04. The Morgan fingerprint density at radius 3 is 2.42 bits per heavy atom. The first-order valence-corrected chi connectivity index (χ1v) is 7.22. The van der Waals surface area contributed by atoms with E-state index >= 15 is 0 Å². The van der Waals surface area contributed by atoms with Crippen LogP contribution in [0.5, 0.6) is 0 Å². The molecule has 0 radical (unpaired) electrons.